The predicted octanol–water partition coefficient (Wildman–Crippen LogP) is 1.78. The molecule has 4 fully saturated rings. The van der Waals surface area contributed by atoms with Gasteiger partial charge < -0.3 is 10.6 Å². The first-order valence-corrected chi connectivity index (χ1v) is 8.16. The smallest absolute Gasteiger partial charge is 0.223 e. The van der Waals surface area contributed by atoms with Crippen molar-refractivity contribution in [3.8, 4) is 0 Å². The van der Waals surface area contributed by atoms with Gasteiger partial charge in [0.15, 0.2) is 0 Å². The average Bonchev–Trinajstić information content (AvgIpc) is 2.85. The topological polar surface area (TPSA) is 41.1 Å². The lowest BCUT2D eigenvalue weighted by Crippen LogP contribution is -2.43. The molecular weight excluding hydrogens is 236 g/mol. The molecule has 19 heavy (non-hydrogen) atoms. The Morgan fingerprint density at radius 1 is 1.21 bits per heavy atom. The van der Waals surface area contributed by atoms with E-state index in [1.807, 2.05) is 0 Å². The molecule has 3 saturated carbocycles. The van der Waals surface area contributed by atoms with Crippen molar-refractivity contribution in [2.24, 2.45) is 35.0 Å². The van der Waals surface area contributed by atoms with Gasteiger partial charge in [-0.3, -0.25) is 4.79 Å². The second kappa shape index (κ2) is 4.21. The molecule has 1 saturated heterocycles. The summed E-state index contributed by atoms with van der Waals surface area (Å²) in [6.07, 6.45) is 6.62. The van der Waals surface area contributed by atoms with E-state index in [2.05, 4.69) is 17.6 Å². The normalized spacial score (nSPS) is 45.8. The molecule has 0 spiro atoms. The Morgan fingerprint density at radius 3 is 2.47 bits per heavy atom. The number of carbonyl (C=O) groups is 1. The summed E-state index contributed by atoms with van der Waals surface area (Å²) in [5, 5.41) is 6.69. The number of piperidine rings is 1. The third-order valence-electron chi connectivity index (χ3n) is 6.54. The van der Waals surface area contributed by atoms with Crippen molar-refractivity contribution in [3.05, 3.63) is 0 Å². The standard InChI is InChI=1S/C16H26N2O/c1-16(4-6-17-7-5-16)9-18-15(19)14-12-10-2-3-11(8-10)13(12)14/h10-14,17H,2-9H2,1H3,(H,18,19). The van der Waals surface area contributed by atoms with Gasteiger partial charge in [0.25, 0.3) is 0 Å². The zero-order valence-corrected chi connectivity index (χ0v) is 12.0. The van der Waals surface area contributed by atoms with Crippen molar-refractivity contribution in [2.75, 3.05) is 19.6 Å². The number of hydrogen-bond acceptors (Lipinski definition) is 2. The summed E-state index contributed by atoms with van der Waals surface area (Å²) in [7, 11) is 0. The van der Waals surface area contributed by atoms with Gasteiger partial charge in [-0.25, -0.2) is 0 Å². The van der Waals surface area contributed by atoms with Crippen LogP contribution < -0.4 is 10.6 Å². The van der Waals surface area contributed by atoms with E-state index in [0.29, 0.717) is 17.2 Å². The molecular formula is C16H26N2O. The van der Waals surface area contributed by atoms with Crippen LogP contribution in [0.1, 0.15) is 39.0 Å². The number of rotatable bonds is 3. The number of amides is 1. The first-order chi connectivity index (χ1) is 9.18. The summed E-state index contributed by atoms with van der Waals surface area (Å²) in [5.74, 6) is 4.14. The fourth-order valence-corrected chi connectivity index (χ4v) is 5.30. The van der Waals surface area contributed by atoms with Crippen LogP contribution in [-0.4, -0.2) is 25.5 Å². The summed E-state index contributed by atoms with van der Waals surface area (Å²) in [5.41, 5.74) is 0.323. The van der Waals surface area contributed by atoms with Crippen molar-refractivity contribution in [3.63, 3.8) is 0 Å². The zero-order chi connectivity index (χ0) is 13.0. The van der Waals surface area contributed by atoms with E-state index >= 15 is 0 Å². The molecule has 0 radical (unpaired) electrons. The minimum atomic E-state index is 0.323. The molecule has 4 atom stereocenters. The highest BCUT2D eigenvalue weighted by Gasteiger charge is 2.67. The average molecular weight is 262 g/mol. The number of hydrogen-bond donors (Lipinski definition) is 2. The van der Waals surface area contributed by atoms with E-state index in [-0.39, 0.29) is 0 Å². The Bertz CT molecular complexity index is 372. The number of nitrogens with one attached hydrogen (secondary N) is 2. The molecule has 1 amide bonds. The molecule has 2 bridgehead atoms. The monoisotopic (exact) mass is 262 g/mol. The lowest BCUT2D eigenvalue weighted by atomic mass is 9.81. The van der Waals surface area contributed by atoms with E-state index < -0.39 is 0 Å². The molecule has 3 heteroatoms. The van der Waals surface area contributed by atoms with Gasteiger partial charge in [0.2, 0.25) is 5.91 Å². The maximum absolute atomic E-state index is 12.4. The van der Waals surface area contributed by atoms with Crippen LogP contribution in [0.15, 0.2) is 0 Å². The van der Waals surface area contributed by atoms with Gasteiger partial charge in [0.1, 0.15) is 0 Å². The maximum atomic E-state index is 12.4. The maximum Gasteiger partial charge on any atom is 0.223 e. The van der Waals surface area contributed by atoms with Crippen LogP contribution >= 0.6 is 0 Å². The van der Waals surface area contributed by atoms with Crippen molar-refractivity contribution < 1.29 is 4.79 Å². The Kier molecular flexibility index (Phi) is 2.70. The lowest BCUT2D eigenvalue weighted by molar-refractivity contribution is -0.123. The van der Waals surface area contributed by atoms with Crippen LogP contribution in [0.25, 0.3) is 0 Å². The molecule has 0 aromatic rings. The van der Waals surface area contributed by atoms with Crippen LogP contribution in [-0.2, 0) is 4.79 Å². The fraction of sp³-hybridized carbons (Fsp3) is 0.938. The minimum absolute atomic E-state index is 0.323. The van der Waals surface area contributed by atoms with Gasteiger partial charge >= 0.3 is 0 Å². The second-order valence-electron chi connectivity index (χ2n) is 7.79. The summed E-state index contributed by atoms with van der Waals surface area (Å²) < 4.78 is 0. The van der Waals surface area contributed by atoms with Crippen LogP contribution in [0.2, 0.25) is 0 Å². The van der Waals surface area contributed by atoms with Gasteiger partial charge in [0.05, 0.1) is 0 Å². The lowest BCUT2D eigenvalue weighted by Gasteiger charge is -2.34. The molecule has 4 unspecified atom stereocenters. The number of fused-ring (bicyclic) bond motifs is 5. The summed E-state index contributed by atoms with van der Waals surface area (Å²) >= 11 is 0. The van der Waals surface area contributed by atoms with E-state index in [4.69, 9.17) is 0 Å². The summed E-state index contributed by atoms with van der Waals surface area (Å²) in [4.78, 5) is 12.4. The molecule has 3 nitrogen and oxygen atoms in total. The first kappa shape index (κ1) is 12.2. The first-order valence-electron chi connectivity index (χ1n) is 8.16. The molecule has 4 aliphatic rings. The highest BCUT2D eigenvalue weighted by Crippen LogP contribution is 2.69. The Labute approximate surface area is 115 Å². The predicted molar refractivity (Wildman–Crippen MR) is 74.5 cm³/mol. The molecule has 1 aliphatic heterocycles. The van der Waals surface area contributed by atoms with Crippen molar-refractivity contribution >= 4 is 5.91 Å². The van der Waals surface area contributed by atoms with Crippen molar-refractivity contribution in [1.82, 2.24) is 10.6 Å². The molecule has 3 aliphatic carbocycles. The van der Waals surface area contributed by atoms with Gasteiger partial charge in [-0.05, 0) is 74.3 Å². The quantitative estimate of drug-likeness (QED) is 0.814. The third-order valence-corrected chi connectivity index (χ3v) is 6.54. The molecule has 0 aromatic heterocycles. The Hall–Kier alpha value is -0.570. The largest absolute Gasteiger partial charge is 0.355 e. The zero-order valence-electron chi connectivity index (χ0n) is 12.0. The van der Waals surface area contributed by atoms with E-state index in [1.54, 1.807) is 0 Å². The Balaban J connectivity index is 1.31. The number of carbonyl (C=O) groups excluding carboxylic acids is 1. The van der Waals surface area contributed by atoms with Crippen LogP contribution in [0, 0.1) is 35.0 Å². The van der Waals surface area contributed by atoms with Crippen LogP contribution in [0.4, 0.5) is 0 Å². The van der Waals surface area contributed by atoms with Gasteiger partial charge in [-0.2, -0.15) is 0 Å². The van der Waals surface area contributed by atoms with Crippen molar-refractivity contribution in [2.45, 2.75) is 39.0 Å². The molecule has 2 N–H and O–H groups in total. The molecule has 4 rings (SSSR count). The SMILES string of the molecule is CC1(CNC(=O)C2C3C4CCC(C4)C23)CCNCC1. The minimum Gasteiger partial charge on any atom is -0.355 e. The summed E-state index contributed by atoms with van der Waals surface area (Å²) in [6.45, 7) is 5.42. The third kappa shape index (κ3) is 1.93. The van der Waals surface area contributed by atoms with Crippen LogP contribution in [0.3, 0.4) is 0 Å². The Morgan fingerprint density at radius 2 is 1.84 bits per heavy atom. The second-order valence-corrected chi connectivity index (χ2v) is 7.79. The van der Waals surface area contributed by atoms with Gasteiger partial charge in [-0.1, -0.05) is 6.92 Å². The van der Waals surface area contributed by atoms with Crippen molar-refractivity contribution in [1.29, 1.82) is 0 Å². The summed E-state index contributed by atoms with van der Waals surface area (Å²) in [6, 6.07) is 0. The van der Waals surface area contributed by atoms with E-state index in [1.165, 1.54) is 32.1 Å². The fourth-order valence-electron chi connectivity index (χ4n) is 5.30. The van der Waals surface area contributed by atoms with Gasteiger partial charge in [0, 0.05) is 12.5 Å². The van der Waals surface area contributed by atoms with Gasteiger partial charge in [-0.15, -0.1) is 0 Å². The highest BCUT2D eigenvalue weighted by atomic mass is 16.2. The van der Waals surface area contributed by atoms with E-state index in [0.717, 1.165) is 43.3 Å². The van der Waals surface area contributed by atoms with E-state index in [9.17, 15) is 4.79 Å². The van der Waals surface area contributed by atoms with Crippen LogP contribution in [0.5, 0.6) is 0 Å². The molecule has 1 heterocycles. The molecule has 0 aromatic carbocycles. The molecule has 106 valence electrons. The highest BCUT2D eigenvalue weighted by molar-refractivity contribution is 5.82.